The van der Waals surface area contributed by atoms with Gasteiger partial charge in [-0.3, -0.25) is 9.80 Å². The molecule has 0 aromatic carbocycles. The smallest absolute Gasteiger partial charge is 0.264 e. The standard InChI is InChI=1S/C6H8N2O/c1-8-6(9)4-2-3-5-7-8/h2-5,7H,1H3. The van der Waals surface area contributed by atoms with Gasteiger partial charge in [-0.05, 0) is 6.08 Å². The molecule has 0 saturated carbocycles. The molecular formula is C6H8N2O. The van der Waals surface area contributed by atoms with Crippen molar-refractivity contribution in [1.29, 1.82) is 0 Å². The highest BCUT2D eigenvalue weighted by atomic mass is 16.2. The molecule has 9 heavy (non-hydrogen) atoms. The summed E-state index contributed by atoms with van der Waals surface area (Å²) in [7, 11) is 1.67. The average molecular weight is 124 g/mol. The van der Waals surface area contributed by atoms with E-state index in [0.717, 1.165) is 0 Å². The number of carbonyl (C=O) groups is 1. The van der Waals surface area contributed by atoms with Gasteiger partial charge in [-0.25, -0.2) is 0 Å². The Morgan fingerprint density at radius 3 is 3.11 bits per heavy atom. The van der Waals surface area contributed by atoms with Crippen molar-refractivity contribution in [2.75, 3.05) is 7.05 Å². The van der Waals surface area contributed by atoms with Crippen LogP contribution in [0.2, 0.25) is 0 Å². The molecule has 3 heteroatoms. The molecule has 0 aliphatic carbocycles. The lowest BCUT2D eigenvalue weighted by Crippen LogP contribution is -2.33. The Hall–Kier alpha value is -1.25. The number of hydrogen-bond acceptors (Lipinski definition) is 2. The minimum atomic E-state index is -0.0417. The van der Waals surface area contributed by atoms with Crippen LogP contribution in [-0.2, 0) is 4.79 Å². The molecule has 0 radical (unpaired) electrons. The summed E-state index contributed by atoms with van der Waals surface area (Å²) in [6.07, 6.45) is 6.65. The van der Waals surface area contributed by atoms with Crippen LogP contribution >= 0.6 is 0 Å². The summed E-state index contributed by atoms with van der Waals surface area (Å²) >= 11 is 0. The topological polar surface area (TPSA) is 32.3 Å². The summed E-state index contributed by atoms with van der Waals surface area (Å²) in [5.74, 6) is -0.0417. The first-order valence-corrected chi connectivity index (χ1v) is 2.68. The zero-order valence-corrected chi connectivity index (χ0v) is 5.16. The van der Waals surface area contributed by atoms with E-state index in [-0.39, 0.29) is 5.91 Å². The Balaban J connectivity index is 2.69. The van der Waals surface area contributed by atoms with Crippen LogP contribution in [-0.4, -0.2) is 18.0 Å². The number of hydrazine groups is 1. The number of allylic oxidation sites excluding steroid dienone is 2. The third-order valence-electron chi connectivity index (χ3n) is 1.04. The highest BCUT2D eigenvalue weighted by molar-refractivity contribution is 5.87. The second-order valence-corrected chi connectivity index (χ2v) is 1.74. The van der Waals surface area contributed by atoms with Gasteiger partial charge in [0.1, 0.15) is 0 Å². The maximum Gasteiger partial charge on any atom is 0.264 e. The number of likely N-dealkylation sites (N-methyl/N-ethyl adjacent to an activating group) is 1. The summed E-state index contributed by atoms with van der Waals surface area (Å²) < 4.78 is 0. The Morgan fingerprint density at radius 1 is 1.56 bits per heavy atom. The predicted molar refractivity (Wildman–Crippen MR) is 34.2 cm³/mol. The molecule has 3 nitrogen and oxygen atoms in total. The van der Waals surface area contributed by atoms with Crippen LogP contribution in [0.15, 0.2) is 24.4 Å². The zero-order valence-electron chi connectivity index (χ0n) is 5.16. The molecule has 0 fully saturated rings. The number of nitrogens with one attached hydrogen (secondary N) is 1. The van der Waals surface area contributed by atoms with E-state index < -0.39 is 0 Å². The van der Waals surface area contributed by atoms with Crippen LogP contribution in [0, 0.1) is 0 Å². The molecule has 1 aliphatic heterocycles. The third kappa shape index (κ3) is 1.32. The van der Waals surface area contributed by atoms with Gasteiger partial charge in [0.05, 0.1) is 0 Å². The second-order valence-electron chi connectivity index (χ2n) is 1.74. The molecule has 1 rings (SSSR count). The molecule has 0 aromatic rings. The highest BCUT2D eigenvalue weighted by Crippen LogP contribution is 1.87. The van der Waals surface area contributed by atoms with Gasteiger partial charge in [0.15, 0.2) is 0 Å². The van der Waals surface area contributed by atoms with E-state index in [4.69, 9.17) is 0 Å². The second kappa shape index (κ2) is 2.35. The first kappa shape index (κ1) is 5.88. The summed E-state index contributed by atoms with van der Waals surface area (Å²) in [5, 5.41) is 1.40. The molecule has 1 amide bonds. The molecule has 0 spiro atoms. The van der Waals surface area contributed by atoms with Gasteiger partial charge in [0.25, 0.3) is 5.91 Å². The van der Waals surface area contributed by atoms with Crippen molar-refractivity contribution >= 4 is 5.91 Å². The lowest BCUT2D eigenvalue weighted by atomic mass is 10.5. The van der Waals surface area contributed by atoms with E-state index >= 15 is 0 Å². The molecule has 1 aliphatic rings. The van der Waals surface area contributed by atoms with Gasteiger partial charge < -0.3 is 5.43 Å². The highest BCUT2D eigenvalue weighted by Gasteiger charge is 2.01. The molecule has 0 unspecified atom stereocenters. The van der Waals surface area contributed by atoms with Crippen molar-refractivity contribution in [1.82, 2.24) is 10.4 Å². The predicted octanol–water partition coefficient (Wildman–Crippen LogP) is 0.0329. The monoisotopic (exact) mass is 124 g/mol. The Kier molecular flexibility index (Phi) is 1.53. The fourth-order valence-electron chi connectivity index (χ4n) is 0.524. The van der Waals surface area contributed by atoms with Crippen molar-refractivity contribution in [2.24, 2.45) is 0 Å². The van der Waals surface area contributed by atoms with E-state index in [2.05, 4.69) is 5.43 Å². The first-order chi connectivity index (χ1) is 4.30. The number of carbonyl (C=O) groups excluding carboxylic acids is 1. The Labute approximate surface area is 53.6 Å². The van der Waals surface area contributed by atoms with Gasteiger partial charge in [-0.1, -0.05) is 6.08 Å². The van der Waals surface area contributed by atoms with Crippen LogP contribution in [0.1, 0.15) is 0 Å². The Bertz CT molecular complexity index is 172. The van der Waals surface area contributed by atoms with Crippen LogP contribution in [0.4, 0.5) is 0 Å². The van der Waals surface area contributed by atoms with E-state index in [9.17, 15) is 4.79 Å². The van der Waals surface area contributed by atoms with Crippen molar-refractivity contribution in [2.45, 2.75) is 0 Å². The maximum atomic E-state index is 10.8. The maximum absolute atomic E-state index is 10.8. The summed E-state index contributed by atoms with van der Waals surface area (Å²) in [5.41, 5.74) is 2.73. The number of rotatable bonds is 0. The number of amides is 1. The quantitative estimate of drug-likeness (QED) is 0.494. The first-order valence-electron chi connectivity index (χ1n) is 2.68. The number of hydrogen-bond donors (Lipinski definition) is 1. The SMILES string of the molecule is CN1NC=CC=CC1=O. The lowest BCUT2D eigenvalue weighted by molar-refractivity contribution is -0.126. The molecule has 0 saturated heterocycles. The third-order valence-corrected chi connectivity index (χ3v) is 1.04. The molecule has 0 atom stereocenters. The summed E-state index contributed by atoms with van der Waals surface area (Å²) in [6.45, 7) is 0. The number of nitrogens with zero attached hydrogens (tertiary/aromatic N) is 1. The van der Waals surface area contributed by atoms with Crippen LogP contribution in [0.25, 0.3) is 0 Å². The van der Waals surface area contributed by atoms with E-state index in [0.29, 0.717) is 0 Å². The van der Waals surface area contributed by atoms with Crippen molar-refractivity contribution < 1.29 is 4.79 Å². The van der Waals surface area contributed by atoms with Crippen LogP contribution in [0.5, 0.6) is 0 Å². The molecule has 1 heterocycles. The fourth-order valence-corrected chi connectivity index (χ4v) is 0.524. The van der Waals surface area contributed by atoms with Gasteiger partial charge >= 0.3 is 0 Å². The summed E-state index contributed by atoms with van der Waals surface area (Å²) in [6, 6.07) is 0. The zero-order chi connectivity index (χ0) is 6.69. The normalized spacial score (nSPS) is 17.4. The van der Waals surface area contributed by atoms with E-state index in [1.165, 1.54) is 11.1 Å². The summed E-state index contributed by atoms with van der Waals surface area (Å²) in [4.78, 5) is 10.8. The molecule has 0 aromatic heterocycles. The van der Waals surface area contributed by atoms with Crippen LogP contribution in [0.3, 0.4) is 0 Å². The van der Waals surface area contributed by atoms with Crippen molar-refractivity contribution in [3.63, 3.8) is 0 Å². The average Bonchev–Trinajstić information content (AvgIpc) is 1.99. The minimum Gasteiger partial charge on any atom is -0.303 e. The molecule has 0 bridgehead atoms. The fraction of sp³-hybridized carbons (Fsp3) is 0.167. The van der Waals surface area contributed by atoms with Gasteiger partial charge in [-0.2, -0.15) is 0 Å². The molecule has 1 N–H and O–H groups in total. The van der Waals surface area contributed by atoms with Crippen molar-refractivity contribution in [3.8, 4) is 0 Å². The van der Waals surface area contributed by atoms with E-state index in [1.807, 2.05) is 0 Å². The largest absolute Gasteiger partial charge is 0.303 e. The van der Waals surface area contributed by atoms with Gasteiger partial charge in [0.2, 0.25) is 0 Å². The van der Waals surface area contributed by atoms with Crippen LogP contribution < -0.4 is 5.43 Å². The molecule has 48 valence electrons. The van der Waals surface area contributed by atoms with Crippen molar-refractivity contribution in [3.05, 3.63) is 24.4 Å². The van der Waals surface area contributed by atoms with Gasteiger partial charge in [0, 0.05) is 19.3 Å². The van der Waals surface area contributed by atoms with E-state index in [1.54, 1.807) is 25.4 Å². The lowest BCUT2D eigenvalue weighted by Gasteiger charge is -2.11. The minimum absolute atomic E-state index is 0.0417. The van der Waals surface area contributed by atoms with Gasteiger partial charge in [-0.15, -0.1) is 0 Å². The Morgan fingerprint density at radius 2 is 2.33 bits per heavy atom. The molecular weight excluding hydrogens is 116 g/mol.